The van der Waals surface area contributed by atoms with Crippen LogP contribution in [0.25, 0.3) is 0 Å². The lowest BCUT2D eigenvalue weighted by atomic mass is 10.0. The minimum Gasteiger partial charge on any atom is -0.465 e. The fourth-order valence-electron chi connectivity index (χ4n) is 2.34. The summed E-state index contributed by atoms with van der Waals surface area (Å²) in [6, 6.07) is 8.06. The van der Waals surface area contributed by atoms with Crippen LogP contribution in [0.15, 0.2) is 42.5 Å². The number of benzene rings is 2. The van der Waals surface area contributed by atoms with E-state index in [0.29, 0.717) is 5.56 Å². The fourth-order valence-corrected chi connectivity index (χ4v) is 2.34. The van der Waals surface area contributed by atoms with Gasteiger partial charge < -0.3 is 19.9 Å². The van der Waals surface area contributed by atoms with E-state index < -0.39 is 29.0 Å². The van der Waals surface area contributed by atoms with E-state index in [9.17, 15) is 24.4 Å². The molecule has 2 atom stereocenters. The summed E-state index contributed by atoms with van der Waals surface area (Å²) in [7, 11) is 2.43. The second-order valence-corrected chi connectivity index (χ2v) is 5.28. The Bertz CT molecular complexity index is 796. The van der Waals surface area contributed by atoms with Crippen LogP contribution in [0.1, 0.15) is 22.0 Å². The summed E-state index contributed by atoms with van der Waals surface area (Å²) in [6.07, 6.45) is -1.36. The number of hydrogen-bond donors (Lipinski definition) is 2. The highest BCUT2D eigenvalue weighted by Crippen LogP contribution is 2.31. The molecule has 2 aromatic rings. The van der Waals surface area contributed by atoms with E-state index in [-0.39, 0.29) is 16.9 Å². The van der Waals surface area contributed by atoms with E-state index in [1.165, 1.54) is 50.6 Å². The highest BCUT2D eigenvalue weighted by molar-refractivity contribution is 5.91. The van der Waals surface area contributed by atoms with Crippen LogP contribution in [0.5, 0.6) is 0 Å². The number of hydrogen-bond acceptors (Lipinski definition) is 7. The number of rotatable bonds is 7. The van der Waals surface area contributed by atoms with Crippen molar-refractivity contribution in [1.29, 1.82) is 0 Å². The Labute approximate surface area is 148 Å². The van der Waals surface area contributed by atoms with Crippen molar-refractivity contribution >= 4 is 17.3 Å². The molecule has 2 aromatic carbocycles. The van der Waals surface area contributed by atoms with Crippen LogP contribution in [0.3, 0.4) is 0 Å². The average Bonchev–Trinajstić information content (AvgIpc) is 2.65. The molecule has 8 nitrogen and oxygen atoms in total. The highest BCUT2D eigenvalue weighted by atomic mass is 19.1. The molecule has 0 aliphatic heterocycles. The van der Waals surface area contributed by atoms with Gasteiger partial charge in [0.2, 0.25) is 0 Å². The van der Waals surface area contributed by atoms with Gasteiger partial charge in [0.15, 0.2) is 6.29 Å². The van der Waals surface area contributed by atoms with Crippen molar-refractivity contribution in [2.24, 2.45) is 0 Å². The number of carbonyl (C=O) groups is 1. The Balaban J connectivity index is 2.42. The van der Waals surface area contributed by atoms with Crippen molar-refractivity contribution in [3.8, 4) is 0 Å². The number of aliphatic hydroxyl groups is 1. The normalized spacial score (nSPS) is 12.9. The largest absolute Gasteiger partial charge is 0.465 e. The molecule has 0 amide bonds. The smallest absolute Gasteiger partial charge is 0.338 e. The van der Waals surface area contributed by atoms with Gasteiger partial charge >= 0.3 is 5.97 Å². The van der Waals surface area contributed by atoms with Gasteiger partial charge in [-0.25, -0.2) is 9.18 Å². The van der Waals surface area contributed by atoms with E-state index in [1.54, 1.807) is 0 Å². The molecule has 0 aliphatic rings. The van der Waals surface area contributed by atoms with Gasteiger partial charge in [-0.3, -0.25) is 10.1 Å². The van der Waals surface area contributed by atoms with Crippen LogP contribution in [-0.2, 0) is 9.47 Å². The molecule has 0 saturated carbocycles. The molecule has 26 heavy (non-hydrogen) atoms. The molecular formula is C17H17FN2O6. The molecule has 0 fully saturated rings. The first kappa shape index (κ1) is 19.3. The van der Waals surface area contributed by atoms with E-state index in [1.807, 2.05) is 0 Å². The number of nitro groups is 1. The fraction of sp³-hybridized carbons (Fsp3) is 0.235. The average molecular weight is 364 g/mol. The summed E-state index contributed by atoms with van der Waals surface area (Å²) in [5.74, 6) is -1.18. The molecule has 0 radical (unpaired) electrons. The number of nitrogens with one attached hydrogen (secondary N) is 1. The Morgan fingerprint density at radius 3 is 2.42 bits per heavy atom. The van der Waals surface area contributed by atoms with Gasteiger partial charge in [-0.05, 0) is 29.8 Å². The maximum Gasteiger partial charge on any atom is 0.338 e. The molecule has 0 saturated heterocycles. The van der Waals surface area contributed by atoms with Crippen LogP contribution < -0.4 is 5.32 Å². The topological polar surface area (TPSA) is 111 Å². The van der Waals surface area contributed by atoms with Crippen molar-refractivity contribution < 1.29 is 28.7 Å². The third kappa shape index (κ3) is 4.32. The lowest BCUT2D eigenvalue weighted by Gasteiger charge is -2.24. The van der Waals surface area contributed by atoms with E-state index in [4.69, 9.17) is 4.74 Å². The Hall–Kier alpha value is -3.04. The van der Waals surface area contributed by atoms with E-state index >= 15 is 0 Å². The van der Waals surface area contributed by atoms with Crippen molar-refractivity contribution in [3.05, 3.63) is 69.5 Å². The number of methoxy groups -OCH3 is 2. The third-order valence-electron chi connectivity index (χ3n) is 3.68. The van der Waals surface area contributed by atoms with Gasteiger partial charge in [-0.15, -0.1) is 0 Å². The standard InChI is InChI=1S/C17H17FN2O6/c1-25-16(21)11-5-8-13(14(9-11)20(23)24)19-15(17(22)26-2)10-3-6-12(18)7-4-10/h3-9,15,17,19,22H,1-2H3. The van der Waals surface area contributed by atoms with Crippen LogP contribution in [0.4, 0.5) is 15.8 Å². The second kappa shape index (κ2) is 8.37. The molecule has 0 aliphatic carbocycles. The lowest BCUT2D eigenvalue weighted by molar-refractivity contribution is -0.384. The summed E-state index contributed by atoms with van der Waals surface area (Å²) in [6.45, 7) is 0. The number of halogens is 1. The maximum atomic E-state index is 13.1. The zero-order valence-electron chi connectivity index (χ0n) is 14.0. The van der Waals surface area contributed by atoms with Gasteiger partial charge in [-0.1, -0.05) is 12.1 Å². The Kier molecular flexibility index (Phi) is 6.21. The lowest BCUT2D eigenvalue weighted by Crippen LogP contribution is -2.27. The van der Waals surface area contributed by atoms with Crippen LogP contribution in [0.2, 0.25) is 0 Å². The number of nitrogens with zero attached hydrogens (tertiary/aromatic N) is 1. The molecular weight excluding hydrogens is 347 g/mol. The molecule has 138 valence electrons. The molecule has 9 heteroatoms. The maximum absolute atomic E-state index is 13.1. The molecule has 2 rings (SSSR count). The summed E-state index contributed by atoms with van der Waals surface area (Å²) in [4.78, 5) is 22.3. The molecule has 0 spiro atoms. The first-order chi connectivity index (χ1) is 12.4. The summed E-state index contributed by atoms with van der Waals surface area (Å²) in [5.41, 5.74) is 0.124. The summed E-state index contributed by atoms with van der Waals surface area (Å²) in [5, 5.41) is 24.3. The molecule has 0 heterocycles. The Morgan fingerprint density at radius 1 is 1.23 bits per heavy atom. The molecule has 2 unspecified atom stereocenters. The van der Waals surface area contributed by atoms with Gasteiger partial charge in [0.25, 0.3) is 5.69 Å². The van der Waals surface area contributed by atoms with E-state index in [0.717, 1.165) is 6.07 Å². The number of nitro benzene ring substituents is 1. The van der Waals surface area contributed by atoms with Crippen molar-refractivity contribution in [2.75, 3.05) is 19.5 Å². The number of ether oxygens (including phenoxy) is 2. The van der Waals surface area contributed by atoms with Gasteiger partial charge in [0, 0.05) is 13.2 Å². The number of aliphatic hydroxyl groups excluding tert-OH is 1. The Morgan fingerprint density at radius 2 is 1.88 bits per heavy atom. The monoisotopic (exact) mass is 364 g/mol. The van der Waals surface area contributed by atoms with Crippen molar-refractivity contribution in [1.82, 2.24) is 0 Å². The van der Waals surface area contributed by atoms with Gasteiger partial charge in [0.05, 0.1) is 17.6 Å². The number of anilines is 1. The van der Waals surface area contributed by atoms with Crippen LogP contribution in [-0.4, -0.2) is 36.5 Å². The minimum atomic E-state index is -1.36. The summed E-state index contributed by atoms with van der Waals surface area (Å²) >= 11 is 0. The predicted octanol–water partition coefficient (Wildman–Crippen LogP) is 2.64. The predicted molar refractivity (Wildman–Crippen MR) is 90.2 cm³/mol. The minimum absolute atomic E-state index is 0.00960. The number of esters is 1. The zero-order chi connectivity index (χ0) is 19.3. The van der Waals surface area contributed by atoms with E-state index in [2.05, 4.69) is 10.1 Å². The molecule has 2 N–H and O–H groups in total. The third-order valence-corrected chi connectivity index (χ3v) is 3.68. The van der Waals surface area contributed by atoms with Crippen molar-refractivity contribution in [2.45, 2.75) is 12.3 Å². The molecule has 0 bridgehead atoms. The first-order valence-electron chi connectivity index (χ1n) is 7.47. The van der Waals surface area contributed by atoms with Gasteiger partial charge in [-0.2, -0.15) is 0 Å². The quantitative estimate of drug-likeness (QED) is 0.336. The zero-order valence-corrected chi connectivity index (χ0v) is 14.0. The first-order valence-corrected chi connectivity index (χ1v) is 7.47. The second-order valence-electron chi connectivity index (χ2n) is 5.28. The van der Waals surface area contributed by atoms with Gasteiger partial charge in [0.1, 0.15) is 17.5 Å². The van der Waals surface area contributed by atoms with Crippen LogP contribution >= 0.6 is 0 Å². The highest BCUT2D eigenvalue weighted by Gasteiger charge is 2.25. The van der Waals surface area contributed by atoms with Crippen molar-refractivity contribution in [3.63, 3.8) is 0 Å². The number of carbonyl (C=O) groups excluding carboxylic acids is 1. The SMILES string of the molecule is COC(=O)c1ccc(NC(c2ccc(F)cc2)C(O)OC)c([N+](=O)[O-])c1. The summed E-state index contributed by atoms with van der Waals surface area (Å²) < 4.78 is 22.6. The van der Waals surface area contributed by atoms with Crippen LogP contribution in [0, 0.1) is 15.9 Å². The molecule has 0 aromatic heterocycles.